The number of hydrogen-bond acceptors (Lipinski definition) is 1. The highest BCUT2D eigenvalue weighted by atomic mass is 35.5. The molecule has 0 spiro atoms. The van der Waals surface area contributed by atoms with E-state index in [2.05, 4.69) is 0 Å². The number of ether oxygens (including phenoxy) is 1. The van der Waals surface area contributed by atoms with E-state index in [0.717, 1.165) is 6.42 Å². The molecule has 0 amide bonds. The normalized spacial score (nSPS) is 27.3. The van der Waals surface area contributed by atoms with Gasteiger partial charge in [0.1, 0.15) is 6.10 Å². The Morgan fingerprint density at radius 2 is 2.12 bits per heavy atom. The van der Waals surface area contributed by atoms with Crippen molar-refractivity contribution in [1.29, 1.82) is 0 Å². The van der Waals surface area contributed by atoms with Gasteiger partial charge in [0, 0.05) is 17.2 Å². The second kappa shape index (κ2) is 4.08. The summed E-state index contributed by atoms with van der Waals surface area (Å²) in [6.07, 6.45) is 0.642. The van der Waals surface area contributed by atoms with Crippen molar-refractivity contribution in [3.63, 3.8) is 0 Å². The standard InChI is InChI=1S/C12H13Cl2FO/c1-12(2)9(14)6-10(12)16-11-7(13)4-3-5-8(11)15/h3-5,9-10H,6H2,1-2H3. The molecule has 0 heterocycles. The lowest BCUT2D eigenvalue weighted by Crippen LogP contribution is -2.53. The molecular weight excluding hydrogens is 250 g/mol. The zero-order chi connectivity index (χ0) is 11.9. The minimum absolute atomic E-state index is 0.0723. The number of halogens is 3. The first kappa shape index (κ1) is 12.0. The van der Waals surface area contributed by atoms with Gasteiger partial charge >= 0.3 is 0 Å². The molecule has 0 N–H and O–H groups in total. The predicted octanol–water partition coefficient (Wildman–Crippen LogP) is 4.26. The van der Waals surface area contributed by atoms with Gasteiger partial charge in [0.2, 0.25) is 0 Å². The molecule has 1 saturated carbocycles. The number of hydrogen-bond donors (Lipinski definition) is 0. The lowest BCUT2D eigenvalue weighted by atomic mass is 9.68. The summed E-state index contributed by atoms with van der Waals surface area (Å²) in [5, 5.41) is 0.372. The van der Waals surface area contributed by atoms with Crippen LogP contribution in [-0.2, 0) is 0 Å². The summed E-state index contributed by atoms with van der Waals surface area (Å²) >= 11 is 12.0. The van der Waals surface area contributed by atoms with Crippen LogP contribution < -0.4 is 4.74 Å². The Kier molecular flexibility index (Phi) is 3.06. The Bertz CT molecular complexity index is 386. The summed E-state index contributed by atoms with van der Waals surface area (Å²) in [6, 6.07) is 4.51. The molecule has 0 aromatic heterocycles. The molecule has 2 atom stereocenters. The third-order valence-electron chi connectivity index (χ3n) is 3.24. The van der Waals surface area contributed by atoms with Gasteiger partial charge in [-0.05, 0) is 12.1 Å². The van der Waals surface area contributed by atoms with E-state index in [0.29, 0.717) is 5.02 Å². The highest BCUT2D eigenvalue weighted by Crippen LogP contribution is 2.47. The maximum atomic E-state index is 13.5. The topological polar surface area (TPSA) is 9.23 Å². The van der Waals surface area contributed by atoms with Gasteiger partial charge in [-0.2, -0.15) is 0 Å². The highest BCUT2D eigenvalue weighted by Gasteiger charge is 2.49. The maximum Gasteiger partial charge on any atom is 0.173 e. The van der Waals surface area contributed by atoms with Crippen LogP contribution >= 0.6 is 23.2 Å². The van der Waals surface area contributed by atoms with Crippen molar-refractivity contribution in [2.75, 3.05) is 0 Å². The van der Waals surface area contributed by atoms with Crippen LogP contribution in [0.2, 0.25) is 5.02 Å². The molecule has 0 aliphatic heterocycles. The van der Waals surface area contributed by atoms with Gasteiger partial charge in [-0.15, -0.1) is 11.6 Å². The Balaban J connectivity index is 2.17. The van der Waals surface area contributed by atoms with Crippen molar-refractivity contribution >= 4 is 23.2 Å². The molecule has 16 heavy (non-hydrogen) atoms. The predicted molar refractivity (Wildman–Crippen MR) is 63.9 cm³/mol. The Morgan fingerprint density at radius 1 is 1.44 bits per heavy atom. The fraction of sp³-hybridized carbons (Fsp3) is 0.500. The molecule has 1 nitrogen and oxygen atoms in total. The van der Waals surface area contributed by atoms with Gasteiger partial charge in [-0.25, -0.2) is 4.39 Å². The van der Waals surface area contributed by atoms with Gasteiger partial charge in [0.25, 0.3) is 0 Å². The first-order valence-corrected chi connectivity index (χ1v) is 5.99. The molecular formula is C12H13Cl2FO. The van der Waals surface area contributed by atoms with Crippen LogP contribution in [0, 0.1) is 11.2 Å². The maximum absolute atomic E-state index is 13.5. The fourth-order valence-corrected chi connectivity index (χ4v) is 2.28. The zero-order valence-electron chi connectivity index (χ0n) is 9.14. The average molecular weight is 263 g/mol. The van der Waals surface area contributed by atoms with Gasteiger partial charge in [-0.1, -0.05) is 31.5 Å². The van der Waals surface area contributed by atoms with E-state index >= 15 is 0 Å². The van der Waals surface area contributed by atoms with Crippen molar-refractivity contribution in [3.05, 3.63) is 29.0 Å². The molecule has 1 aromatic carbocycles. The first-order valence-electron chi connectivity index (χ1n) is 5.17. The Morgan fingerprint density at radius 3 is 2.62 bits per heavy atom. The second-order valence-electron chi connectivity index (χ2n) is 4.68. The van der Waals surface area contributed by atoms with Crippen LogP contribution in [0.1, 0.15) is 20.3 Å². The van der Waals surface area contributed by atoms with Crippen molar-refractivity contribution in [2.24, 2.45) is 5.41 Å². The molecule has 2 unspecified atom stereocenters. The number of benzene rings is 1. The lowest BCUT2D eigenvalue weighted by Gasteiger charge is -2.48. The highest BCUT2D eigenvalue weighted by molar-refractivity contribution is 6.32. The average Bonchev–Trinajstić information content (AvgIpc) is 2.22. The summed E-state index contributed by atoms with van der Waals surface area (Å²) in [7, 11) is 0. The van der Waals surface area contributed by atoms with E-state index in [1.807, 2.05) is 13.8 Å². The van der Waals surface area contributed by atoms with Crippen molar-refractivity contribution in [3.8, 4) is 5.75 Å². The number of para-hydroxylation sites is 1. The molecule has 2 rings (SSSR count). The quantitative estimate of drug-likeness (QED) is 0.724. The molecule has 1 aliphatic rings. The first-order chi connectivity index (χ1) is 7.43. The van der Waals surface area contributed by atoms with E-state index in [1.165, 1.54) is 6.07 Å². The second-order valence-corrected chi connectivity index (χ2v) is 5.62. The number of alkyl halides is 1. The van der Waals surface area contributed by atoms with Crippen molar-refractivity contribution < 1.29 is 9.13 Å². The summed E-state index contributed by atoms with van der Waals surface area (Å²) in [5.74, 6) is -0.299. The molecule has 88 valence electrons. The van der Waals surface area contributed by atoms with Gasteiger partial charge in [0.05, 0.1) is 5.02 Å². The number of rotatable bonds is 2. The monoisotopic (exact) mass is 262 g/mol. The molecule has 0 saturated heterocycles. The van der Waals surface area contributed by atoms with Crippen molar-refractivity contribution in [2.45, 2.75) is 31.7 Å². The van der Waals surface area contributed by atoms with E-state index < -0.39 is 5.82 Å². The van der Waals surface area contributed by atoms with Crippen molar-refractivity contribution in [1.82, 2.24) is 0 Å². The van der Waals surface area contributed by atoms with Crippen LogP contribution in [0.3, 0.4) is 0 Å². The molecule has 1 aliphatic carbocycles. The Hall–Kier alpha value is -0.470. The SMILES string of the molecule is CC1(C)C(Cl)CC1Oc1c(F)cccc1Cl. The van der Waals surface area contributed by atoms with E-state index in [9.17, 15) is 4.39 Å². The zero-order valence-corrected chi connectivity index (χ0v) is 10.6. The minimum Gasteiger partial charge on any atom is -0.485 e. The van der Waals surface area contributed by atoms with Crippen LogP contribution in [0.15, 0.2) is 18.2 Å². The molecule has 4 heteroatoms. The summed E-state index contributed by atoms with van der Waals surface area (Å²) in [5.41, 5.74) is -0.146. The Labute approximate surface area is 105 Å². The molecule has 1 fully saturated rings. The lowest BCUT2D eigenvalue weighted by molar-refractivity contribution is -0.0152. The molecule has 0 radical (unpaired) electrons. The summed E-state index contributed by atoms with van der Waals surface area (Å²) in [4.78, 5) is 0. The van der Waals surface area contributed by atoms with Gasteiger partial charge < -0.3 is 4.74 Å². The van der Waals surface area contributed by atoms with E-state index in [4.69, 9.17) is 27.9 Å². The summed E-state index contributed by atoms with van der Waals surface area (Å²) in [6.45, 7) is 4.02. The van der Waals surface area contributed by atoms with E-state index in [1.54, 1.807) is 12.1 Å². The van der Waals surface area contributed by atoms with Crippen LogP contribution in [-0.4, -0.2) is 11.5 Å². The third-order valence-corrected chi connectivity index (χ3v) is 4.28. The summed E-state index contributed by atoms with van der Waals surface area (Å²) < 4.78 is 19.1. The molecule has 0 bridgehead atoms. The van der Waals surface area contributed by atoms with Crippen LogP contribution in [0.25, 0.3) is 0 Å². The molecule has 1 aromatic rings. The van der Waals surface area contributed by atoms with Crippen LogP contribution in [0.4, 0.5) is 4.39 Å². The van der Waals surface area contributed by atoms with E-state index in [-0.39, 0.29) is 22.6 Å². The largest absolute Gasteiger partial charge is 0.485 e. The minimum atomic E-state index is -0.429. The smallest absolute Gasteiger partial charge is 0.173 e. The fourth-order valence-electron chi connectivity index (χ4n) is 1.77. The van der Waals surface area contributed by atoms with Gasteiger partial charge in [-0.3, -0.25) is 0 Å². The van der Waals surface area contributed by atoms with Crippen LogP contribution in [0.5, 0.6) is 5.75 Å². The third kappa shape index (κ3) is 1.89. The van der Waals surface area contributed by atoms with Gasteiger partial charge in [0.15, 0.2) is 11.6 Å².